The molecule has 0 aliphatic carbocycles. The molecule has 1 amide bonds. The number of carbonyl (C=O) groups excluding carboxylic acids is 1. The first kappa shape index (κ1) is 20.2. The van der Waals surface area contributed by atoms with Gasteiger partial charge in [-0.05, 0) is 31.4 Å². The number of ether oxygens (including phenoxy) is 1. The lowest BCUT2D eigenvalue weighted by molar-refractivity contribution is -0.274. The third-order valence-corrected chi connectivity index (χ3v) is 5.30. The van der Waals surface area contributed by atoms with Crippen molar-refractivity contribution < 1.29 is 22.7 Å². The van der Waals surface area contributed by atoms with Crippen LogP contribution in [0.1, 0.15) is 48.6 Å². The lowest BCUT2D eigenvalue weighted by Gasteiger charge is -2.17. The first-order valence-corrected chi connectivity index (χ1v) is 8.90. The predicted octanol–water partition coefficient (Wildman–Crippen LogP) is 4.82. The van der Waals surface area contributed by atoms with Crippen LogP contribution in [0, 0.1) is 6.92 Å². The summed E-state index contributed by atoms with van der Waals surface area (Å²) in [5.41, 5.74) is 0.645. The maximum Gasteiger partial charge on any atom is 0.573 e. The Morgan fingerprint density at radius 3 is 2.38 bits per heavy atom. The van der Waals surface area contributed by atoms with Gasteiger partial charge in [0, 0.05) is 17.1 Å². The molecule has 4 nitrogen and oxygen atoms in total. The summed E-state index contributed by atoms with van der Waals surface area (Å²) in [4.78, 5) is 18.2. The second-order valence-electron chi connectivity index (χ2n) is 6.75. The highest BCUT2D eigenvalue weighted by Crippen LogP contribution is 2.29. The molecule has 0 N–H and O–H groups in total. The summed E-state index contributed by atoms with van der Waals surface area (Å²) >= 11 is 1.37. The maximum atomic E-state index is 12.6. The van der Waals surface area contributed by atoms with Crippen LogP contribution in [-0.2, 0) is 12.0 Å². The summed E-state index contributed by atoms with van der Waals surface area (Å²) in [5, 5.41) is 0. The fourth-order valence-electron chi connectivity index (χ4n) is 2.64. The molecule has 1 heterocycles. The fraction of sp³-hybridized carbons (Fsp3) is 0.444. The minimum absolute atomic E-state index is 0.125. The molecule has 0 saturated heterocycles. The van der Waals surface area contributed by atoms with Gasteiger partial charge in [0.15, 0.2) is 4.80 Å². The lowest BCUT2D eigenvalue weighted by Crippen LogP contribution is -2.20. The van der Waals surface area contributed by atoms with E-state index in [-0.39, 0.29) is 11.0 Å². The van der Waals surface area contributed by atoms with Gasteiger partial charge in [-0.2, -0.15) is 4.99 Å². The number of hydrogen-bond donors (Lipinski definition) is 0. The summed E-state index contributed by atoms with van der Waals surface area (Å²) in [6.45, 7) is 10.7. The zero-order chi connectivity index (χ0) is 19.7. The van der Waals surface area contributed by atoms with Crippen LogP contribution in [0.2, 0.25) is 0 Å². The normalized spacial score (nSPS) is 13.2. The van der Waals surface area contributed by atoms with E-state index < -0.39 is 18.0 Å². The quantitative estimate of drug-likeness (QED) is 0.759. The van der Waals surface area contributed by atoms with Gasteiger partial charge in [0.25, 0.3) is 5.91 Å². The van der Waals surface area contributed by atoms with Gasteiger partial charge in [0.05, 0.1) is 5.56 Å². The lowest BCUT2D eigenvalue weighted by atomic mass is 9.93. The molecule has 1 aromatic carbocycles. The Kier molecular flexibility index (Phi) is 5.65. The van der Waals surface area contributed by atoms with Gasteiger partial charge in [0.2, 0.25) is 0 Å². The summed E-state index contributed by atoms with van der Waals surface area (Å²) in [5.74, 6) is -1.32. The van der Waals surface area contributed by atoms with Crippen LogP contribution in [0.25, 0.3) is 0 Å². The minimum Gasteiger partial charge on any atom is -0.405 e. The van der Waals surface area contributed by atoms with E-state index in [2.05, 4.69) is 30.5 Å². The Balaban J connectivity index is 2.54. The first-order valence-electron chi connectivity index (χ1n) is 8.08. The van der Waals surface area contributed by atoms with Crippen LogP contribution in [-0.4, -0.2) is 16.8 Å². The fourth-order valence-corrected chi connectivity index (χ4v) is 3.89. The van der Waals surface area contributed by atoms with Gasteiger partial charge in [0.1, 0.15) is 5.75 Å². The summed E-state index contributed by atoms with van der Waals surface area (Å²) in [6.07, 6.45) is -4.88. The number of hydrogen-bond acceptors (Lipinski definition) is 3. The molecule has 0 aliphatic heterocycles. The molecule has 142 valence electrons. The molecule has 2 aromatic rings. The standard InChI is InChI=1S/C18H21F3N2O2S/c1-6-23-11(2)14(17(3,4)5)26-16(23)22-15(24)12-9-7-8-10-13(12)25-18(19,20)21/h7-10H,6H2,1-5H3. The number of para-hydroxylation sites is 1. The van der Waals surface area contributed by atoms with Crippen LogP contribution in [0.4, 0.5) is 13.2 Å². The molecular weight excluding hydrogens is 365 g/mol. The molecule has 8 heteroatoms. The Labute approximate surface area is 154 Å². The maximum absolute atomic E-state index is 12.6. The Morgan fingerprint density at radius 2 is 1.85 bits per heavy atom. The topological polar surface area (TPSA) is 43.6 Å². The average Bonchev–Trinajstić information content (AvgIpc) is 2.81. The molecule has 0 bridgehead atoms. The molecule has 0 unspecified atom stereocenters. The number of rotatable bonds is 3. The van der Waals surface area contributed by atoms with Crippen LogP contribution >= 0.6 is 11.3 Å². The van der Waals surface area contributed by atoms with Crippen molar-refractivity contribution in [3.8, 4) is 5.75 Å². The number of aromatic nitrogens is 1. The number of benzene rings is 1. The zero-order valence-electron chi connectivity index (χ0n) is 15.3. The minimum atomic E-state index is -4.88. The molecule has 1 aromatic heterocycles. The van der Waals surface area contributed by atoms with Crippen LogP contribution in [0.15, 0.2) is 29.3 Å². The monoisotopic (exact) mass is 386 g/mol. The smallest absolute Gasteiger partial charge is 0.405 e. The number of nitrogens with zero attached hydrogens (tertiary/aromatic N) is 2. The SMILES string of the molecule is CCn1c(C)c(C(C)(C)C)sc1=NC(=O)c1ccccc1OC(F)(F)F. The van der Waals surface area contributed by atoms with E-state index >= 15 is 0 Å². The Bertz CT molecular complexity index is 874. The molecule has 0 radical (unpaired) electrons. The predicted molar refractivity (Wildman–Crippen MR) is 94.4 cm³/mol. The third-order valence-electron chi connectivity index (χ3n) is 3.70. The molecule has 0 aliphatic rings. The first-order chi connectivity index (χ1) is 11.9. The van der Waals surface area contributed by atoms with Crippen molar-refractivity contribution in [2.24, 2.45) is 4.99 Å². The van der Waals surface area contributed by atoms with E-state index in [1.807, 2.05) is 18.4 Å². The van der Waals surface area contributed by atoms with E-state index in [4.69, 9.17) is 0 Å². The molecule has 26 heavy (non-hydrogen) atoms. The molecule has 0 fully saturated rings. The number of alkyl halides is 3. The van der Waals surface area contributed by atoms with Gasteiger partial charge < -0.3 is 9.30 Å². The average molecular weight is 386 g/mol. The van der Waals surface area contributed by atoms with Crippen molar-refractivity contribution in [3.63, 3.8) is 0 Å². The molecule has 2 rings (SSSR count). The van der Waals surface area contributed by atoms with Gasteiger partial charge >= 0.3 is 6.36 Å². The molecular formula is C18H21F3N2O2S. The van der Waals surface area contributed by atoms with Gasteiger partial charge in [-0.25, -0.2) is 0 Å². The van der Waals surface area contributed by atoms with Crippen molar-refractivity contribution >= 4 is 17.2 Å². The van der Waals surface area contributed by atoms with Gasteiger partial charge in [-0.3, -0.25) is 4.79 Å². The number of carbonyl (C=O) groups is 1. The van der Waals surface area contributed by atoms with E-state index in [9.17, 15) is 18.0 Å². The molecule has 0 saturated carbocycles. The summed E-state index contributed by atoms with van der Waals surface area (Å²) in [6, 6.07) is 5.22. The molecule has 0 atom stereocenters. The van der Waals surface area contributed by atoms with E-state index in [1.54, 1.807) is 0 Å². The molecule has 0 spiro atoms. The highest BCUT2D eigenvalue weighted by molar-refractivity contribution is 7.09. The Hall–Kier alpha value is -2.09. The summed E-state index contributed by atoms with van der Waals surface area (Å²) in [7, 11) is 0. The highest BCUT2D eigenvalue weighted by atomic mass is 32.1. The zero-order valence-corrected chi connectivity index (χ0v) is 16.1. The second kappa shape index (κ2) is 7.26. The van der Waals surface area contributed by atoms with Crippen molar-refractivity contribution in [1.82, 2.24) is 4.57 Å². The highest BCUT2D eigenvalue weighted by Gasteiger charge is 2.33. The van der Waals surface area contributed by atoms with Gasteiger partial charge in [-0.1, -0.05) is 32.9 Å². The second-order valence-corrected chi connectivity index (χ2v) is 7.73. The van der Waals surface area contributed by atoms with Crippen molar-refractivity contribution in [3.05, 3.63) is 45.2 Å². The van der Waals surface area contributed by atoms with Crippen molar-refractivity contribution in [1.29, 1.82) is 0 Å². The van der Waals surface area contributed by atoms with E-state index in [0.717, 1.165) is 16.6 Å². The van der Waals surface area contributed by atoms with Crippen LogP contribution in [0.5, 0.6) is 5.75 Å². The third kappa shape index (κ3) is 4.55. The van der Waals surface area contributed by atoms with Crippen molar-refractivity contribution in [2.75, 3.05) is 0 Å². The van der Waals surface area contributed by atoms with E-state index in [0.29, 0.717) is 11.3 Å². The van der Waals surface area contributed by atoms with Gasteiger partial charge in [-0.15, -0.1) is 24.5 Å². The Morgan fingerprint density at radius 1 is 1.23 bits per heavy atom. The number of halogens is 3. The number of amides is 1. The van der Waals surface area contributed by atoms with Crippen LogP contribution in [0.3, 0.4) is 0 Å². The summed E-state index contributed by atoms with van der Waals surface area (Å²) < 4.78 is 43.5. The largest absolute Gasteiger partial charge is 0.573 e. The van der Waals surface area contributed by atoms with Crippen LogP contribution < -0.4 is 9.54 Å². The van der Waals surface area contributed by atoms with E-state index in [1.165, 1.54) is 29.5 Å². The van der Waals surface area contributed by atoms with Crippen molar-refractivity contribution in [2.45, 2.75) is 52.9 Å². The number of thiazole rings is 1.